The van der Waals surface area contributed by atoms with E-state index < -0.39 is 0 Å². The molecule has 3 atom stereocenters. The van der Waals surface area contributed by atoms with Crippen LogP contribution in [0.3, 0.4) is 0 Å². The molecule has 3 unspecified atom stereocenters. The third-order valence-electron chi connectivity index (χ3n) is 3.73. The summed E-state index contributed by atoms with van der Waals surface area (Å²) in [7, 11) is 0. The van der Waals surface area contributed by atoms with Gasteiger partial charge in [-0.1, -0.05) is 20.3 Å². The van der Waals surface area contributed by atoms with E-state index in [1.54, 1.807) is 6.20 Å². The fourth-order valence-corrected chi connectivity index (χ4v) is 3.35. The Morgan fingerprint density at radius 2 is 2.35 bits per heavy atom. The van der Waals surface area contributed by atoms with Crippen LogP contribution in [0, 0.1) is 11.8 Å². The third-order valence-corrected chi connectivity index (χ3v) is 4.34. The highest BCUT2D eigenvalue weighted by Crippen LogP contribution is 2.40. The van der Waals surface area contributed by atoms with Gasteiger partial charge in [0.1, 0.15) is 0 Å². The first kappa shape index (κ1) is 13.1. The maximum Gasteiger partial charge on any atom is 0.0996 e. The molecule has 4 heteroatoms. The number of rotatable bonds is 4. The second kappa shape index (κ2) is 5.53. The largest absolute Gasteiger partial charge is 0.386 e. The van der Waals surface area contributed by atoms with Crippen LogP contribution in [-0.2, 0) is 6.54 Å². The van der Waals surface area contributed by atoms with Crippen LogP contribution in [0.2, 0.25) is 0 Å². The van der Waals surface area contributed by atoms with Crippen molar-refractivity contribution in [2.45, 2.75) is 52.2 Å². The van der Waals surface area contributed by atoms with E-state index in [1.807, 2.05) is 4.68 Å². The first-order valence-electron chi connectivity index (χ1n) is 6.52. The summed E-state index contributed by atoms with van der Waals surface area (Å²) in [6.45, 7) is 5.27. The van der Waals surface area contributed by atoms with E-state index in [9.17, 15) is 5.11 Å². The Bertz CT molecular complexity index is 377. The van der Waals surface area contributed by atoms with Gasteiger partial charge in [0.25, 0.3) is 0 Å². The minimum absolute atomic E-state index is 0.372. The Morgan fingerprint density at radius 1 is 1.59 bits per heavy atom. The number of aryl methyl sites for hydroxylation is 1. The molecule has 1 heterocycles. The SMILES string of the molecule is CCCn1ncc(Br)c1C(O)C1CCC(C)C1. The molecule has 1 aliphatic rings. The molecule has 0 saturated heterocycles. The molecule has 0 amide bonds. The molecule has 0 bridgehead atoms. The van der Waals surface area contributed by atoms with E-state index in [1.165, 1.54) is 6.42 Å². The summed E-state index contributed by atoms with van der Waals surface area (Å²) in [5.41, 5.74) is 0.964. The van der Waals surface area contributed by atoms with Crippen LogP contribution < -0.4 is 0 Å². The van der Waals surface area contributed by atoms with Gasteiger partial charge in [-0.2, -0.15) is 5.10 Å². The average Bonchev–Trinajstić information content (AvgIpc) is 2.86. The van der Waals surface area contributed by atoms with Gasteiger partial charge in [0.05, 0.1) is 22.5 Å². The van der Waals surface area contributed by atoms with Gasteiger partial charge < -0.3 is 5.11 Å². The van der Waals surface area contributed by atoms with Crippen LogP contribution in [0.25, 0.3) is 0 Å². The zero-order valence-corrected chi connectivity index (χ0v) is 12.2. The van der Waals surface area contributed by atoms with Crippen molar-refractivity contribution in [1.29, 1.82) is 0 Å². The quantitative estimate of drug-likeness (QED) is 0.924. The Hall–Kier alpha value is -0.350. The highest BCUT2D eigenvalue weighted by atomic mass is 79.9. The summed E-state index contributed by atoms with van der Waals surface area (Å²) in [6, 6.07) is 0. The van der Waals surface area contributed by atoms with E-state index in [2.05, 4.69) is 34.9 Å². The van der Waals surface area contributed by atoms with Gasteiger partial charge in [-0.15, -0.1) is 0 Å². The molecule has 1 aromatic rings. The molecule has 0 spiro atoms. The maximum atomic E-state index is 10.5. The van der Waals surface area contributed by atoms with Gasteiger partial charge in [0, 0.05) is 6.54 Å². The number of aliphatic hydroxyl groups is 1. The summed E-state index contributed by atoms with van der Waals surface area (Å²) in [6.07, 6.45) is 5.96. The van der Waals surface area contributed by atoms with Crippen molar-refractivity contribution < 1.29 is 5.11 Å². The lowest BCUT2D eigenvalue weighted by molar-refractivity contribution is 0.0993. The number of hydrogen-bond donors (Lipinski definition) is 1. The Balaban J connectivity index is 2.17. The molecular formula is C13H21BrN2O. The van der Waals surface area contributed by atoms with E-state index >= 15 is 0 Å². The minimum atomic E-state index is -0.372. The molecule has 1 fully saturated rings. The van der Waals surface area contributed by atoms with Gasteiger partial charge in [0.15, 0.2) is 0 Å². The monoisotopic (exact) mass is 300 g/mol. The maximum absolute atomic E-state index is 10.5. The second-order valence-corrected chi connectivity index (χ2v) is 6.08. The number of aliphatic hydroxyl groups excluding tert-OH is 1. The van der Waals surface area contributed by atoms with Crippen molar-refractivity contribution >= 4 is 15.9 Å². The van der Waals surface area contributed by atoms with Gasteiger partial charge in [-0.25, -0.2) is 0 Å². The molecule has 1 aromatic heterocycles. The zero-order chi connectivity index (χ0) is 12.4. The van der Waals surface area contributed by atoms with Gasteiger partial charge in [-0.05, 0) is 47.0 Å². The summed E-state index contributed by atoms with van der Waals surface area (Å²) >= 11 is 3.51. The molecule has 0 aromatic carbocycles. The number of halogens is 1. The topological polar surface area (TPSA) is 38.0 Å². The lowest BCUT2D eigenvalue weighted by Gasteiger charge is -2.20. The van der Waals surface area contributed by atoms with Crippen molar-refractivity contribution in [2.75, 3.05) is 0 Å². The van der Waals surface area contributed by atoms with Crippen LogP contribution in [-0.4, -0.2) is 14.9 Å². The molecule has 1 N–H and O–H groups in total. The third kappa shape index (κ3) is 2.74. The lowest BCUT2D eigenvalue weighted by atomic mass is 9.97. The van der Waals surface area contributed by atoms with Crippen molar-refractivity contribution in [2.24, 2.45) is 11.8 Å². The molecule has 96 valence electrons. The highest BCUT2D eigenvalue weighted by molar-refractivity contribution is 9.10. The smallest absolute Gasteiger partial charge is 0.0996 e. The summed E-state index contributed by atoms with van der Waals surface area (Å²) in [5.74, 6) is 1.14. The molecule has 0 radical (unpaired) electrons. The Labute approximate surface area is 111 Å². The van der Waals surface area contributed by atoms with Crippen LogP contribution >= 0.6 is 15.9 Å². The summed E-state index contributed by atoms with van der Waals surface area (Å²) < 4.78 is 2.88. The summed E-state index contributed by atoms with van der Waals surface area (Å²) in [5, 5.41) is 14.9. The van der Waals surface area contributed by atoms with Crippen LogP contribution in [0.5, 0.6) is 0 Å². The van der Waals surface area contributed by atoms with Crippen molar-refractivity contribution in [3.05, 3.63) is 16.4 Å². The fourth-order valence-electron chi connectivity index (χ4n) is 2.82. The van der Waals surface area contributed by atoms with Crippen molar-refractivity contribution in [3.63, 3.8) is 0 Å². The lowest BCUT2D eigenvalue weighted by Crippen LogP contribution is -2.16. The highest BCUT2D eigenvalue weighted by Gasteiger charge is 2.31. The van der Waals surface area contributed by atoms with Crippen molar-refractivity contribution in [1.82, 2.24) is 9.78 Å². The number of aromatic nitrogens is 2. The van der Waals surface area contributed by atoms with Crippen LogP contribution in [0.4, 0.5) is 0 Å². The van der Waals surface area contributed by atoms with E-state index in [0.29, 0.717) is 5.92 Å². The predicted molar refractivity (Wildman–Crippen MR) is 71.7 cm³/mol. The second-order valence-electron chi connectivity index (χ2n) is 5.22. The van der Waals surface area contributed by atoms with Gasteiger partial charge in [0.2, 0.25) is 0 Å². The Morgan fingerprint density at radius 3 is 2.94 bits per heavy atom. The molecule has 0 aliphatic heterocycles. The number of nitrogens with zero attached hydrogens (tertiary/aromatic N) is 2. The van der Waals surface area contributed by atoms with Gasteiger partial charge >= 0.3 is 0 Å². The molecular weight excluding hydrogens is 280 g/mol. The fraction of sp³-hybridized carbons (Fsp3) is 0.769. The van der Waals surface area contributed by atoms with Crippen molar-refractivity contribution in [3.8, 4) is 0 Å². The van der Waals surface area contributed by atoms with Gasteiger partial charge in [-0.3, -0.25) is 4.68 Å². The van der Waals surface area contributed by atoms with Crippen LogP contribution in [0.15, 0.2) is 10.7 Å². The van der Waals surface area contributed by atoms with Crippen LogP contribution in [0.1, 0.15) is 51.3 Å². The van der Waals surface area contributed by atoms with E-state index in [4.69, 9.17) is 0 Å². The normalized spacial score (nSPS) is 26.4. The molecule has 17 heavy (non-hydrogen) atoms. The molecule has 1 saturated carbocycles. The standard InChI is InChI=1S/C13H21BrN2O/c1-3-6-16-12(11(14)8-15-16)13(17)10-5-4-9(2)7-10/h8-10,13,17H,3-7H2,1-2H3. The Kier molecular flexibility index (Phi) is 4.26. The minimum Gasteiger partial charge on any atom is -0.386 e. The average molecular weight is 301 g/mol. The first-order valence-corrected chi connectivity index (χ1v) is 7.32. The molecule has 2 rings (SSSR count). The molecule has 1 aliphatic carbocycles. The first-order chi connectivity index (χ1) is 8.13. The van der Waals surface area contributed by atoms with E-state index in [-0.39, 0.29) is 6.10 Å². The summed E-state index contributed by atoms with van der Waals surface area (Å²) in [4.78, 5) is 0. The molecule has 3 nitrogen and oxygen atoms in total. The number of hydrogen-bond acceptors (Lipinski definition) is 2. The zero-order valence-electron chi connectivity index (χ0n) is 10.6. The predicted octanol–water partition coefficient (Wildman–Crippen LogP) is 3.53. The van der Waals surface area contributed by atoms with E-state index in [0.717, 1.165) is 41.9 Å².